The van der Waals surface area contributed by atoms with Crippen molar-refractivity contribution in [1.82, 2.24) is 19.1 Å². The maximum Gasteiger partial charge on any atom is 0.283 e. The van der Waals surface area contributed by atoms with Crippen molar-refractivity contribution >= 4 is 21.7 Å². The lowest BCUT2D eigenvalue weighted by Crippen LogP contribution is -2.50. The Hall–Kier alpha value is -3.51. The van der Waals surface area contributed by atoms with Gasteiger partial charge in [0.05, 0.1) is 0 Å². The van der Waals surface area contributed by atoms with Crippen LogP contribution in [-0.4, -0.2) is 46.2 Å². The SMILES string of the molecule is O=C(NO)[C@@H](c1ccc(F)cc1)N(Cc1cccnc1)S(=O)(=O)N1CC=C(c2ccc(F)cc2)CC1. The van der Waals surface area contributed by atoms with E-state index in [0.717, 1.165) is 27.6 Å². The lowest BCUT2D eigenvalue weighted by atomic mass is 10.0. The van der Waals surface area contributed by atoms with Crippen molar-refractivity contribution in [2.45, 2.75) is 19.0 Å². The maximum atomic E-state index is 13.9. The zero-order valence-corrected chi connectivity index (χ0v) is 19.9. The fourth-order valence-corrected chi connectivity index (χ4v) is 5.74. The molecule has 1 amide bonds. The number of pyridine rings is 1. The number of carbonyl (C=O) groups is 1. The zero-order chi connectivity index (χ0) is 25.7. The molecule has 188 valence electrons. The molecule has 0 unspecified atom stereocenters. The summed E-state index contributed by atoms with van der Waals surface area (Å²) in [6.45, 7) is -0.0852. The number of nitrogens with one attached hydrogen (secondary N) is 1. The molecule has 3 aromatic rings. The van der Waals surface area contributed by atoms with Gasteiger partial charge in [-0.3, -0.25) is 15.0 Å². The summed E-state index contributed by atoms with van der Waals surface area (Å²) in [6, 6.07) is 12.6. The molecule has 2 heterocycles. The first-order valence-corrected chi connectivity index (χ1v) is 12.5. The predicted octanol–water partition coefficient (Wildman–Crippen LogP) is 3.44. The molecule has 0 saturated carbocycles. The number of aromatic nitrogens is 1. The van der Waals surface area contributed by atoms with Crippen LogP contribution in [0.5, 0.6) is 0 Å². The Balaban J connectivity index is 1.70. The van der Waals surface area contributed by atoms with E-state index in [9.17, 15) is 27.2 Å². The van der Waals surface area contributed by atoms with E-state index in [2.05, 4.69) is 4.98 Å². The van der Waals surface area contributed by atoms with E-state index in [0.29, 0.717) is 12.0 Å². The standard InChI is InChI=1S/C25H24F2N4O4S/c26-22-7-3-19(4-8-22)20-11-14-30(15-12-20)36(34,35)31(17-18-2-1-13-28-16-18)24(25(32)29-33)21-5-9-23(27)10-6-21/h1-11,13,16,24,33H,12,14-15,17H2,(H,29,32)/t24-/m1/s1. The number of nitrogens with zero attached hydrogens (tertiary/aromatic N) is 3. The van der Waals surface area contributed by atoms with Gasteiger partial charge in [-0.1, -0.05) is 36.4 Å². The Morgan fingerprint density at radius 1 is 1.08 bits per heavy atom. The highest BCUT2D eigenvalue weighted by Crippen LogP contribution is 2.31. The van der Waals surface area contributed by atoms with Crippen molar-refractivity contribution in [2.24, 2.45) is 0 Å². The fraction of sp³-hybridized carbons (Fsp3) is 0.200. The normalized spacial score (nSPS) is 15.4. The minimum absolute atomic E-state index is 0.0233. The quantitative estimate of drug-likeness (QED) is 0.354. The zero-order valence-electron chi connectivity index (χ0n) is 19.1. The minimum Gasteiger partial charge on any atom is -0.289 e. The third-order valence-electron chi connectivity index (χ3n) is 5.90. The van der Waals surface area contributed by atoms with E-state index >= 15 is 0 Å². The molecule has 4 rings (SSSR count). The van der Waals surface area contributed by atoms with Crippen LogP contribution in [0.25, 0.3) is 5.57 Å². The molecule has 0 aliphatic carbocycles. The van der Waals surface area contributed by atoms with Gasteiger partial charge in [0.2, 0.25) is 0 Å². The van der Waals surface area contributed by atoms with Gasteiger partial charge in [0.1, 0.15) is 17.7 Å². The first kappa shape index (κ1) is 25.6. The summed E-state index contributed by atoms with van der Waals surface area (Å²) in [4.78, 5) is 16.8. The Morgan fingerprint density at radius 3 is 2.31 bits per heavy atom. The van der Waals surface area contributed by atoms with Crippen LogP contribution < -0.4 is 5.48 Å². The average Bonchev–Trinajstić information content (AvgIpc) is 2.90. The average molecular weight is 515 g/mol. The molecular formula is C25H24F2N4O4S. The van der Waals surface area contributed by atoms with Gasteiger partial charge in [-0.05, 0) is 59.0 Å². The topological polar surface area (TPSA) is 103 Å². The summed E-state index contributed by atoms with van der Waals surface area (Å²) >= 11 is 0. The van der Waals surface area contributed by atoms with Gasteiger partial charge in [0.15, 0.2) is 0 Å². The smallest absolute Gasteiger partial charge is 0.283 e. The summed E-state index contributed by atoms with van der Waals surface area (Å²) < 4.78 is 56.8. The minimum atomic E-state index is -4.28. The monoisotopic (exact) mass is 514 g/mol. The molecule has 0 fully saturated rings. The van der Waals surface area contributed by atoms with Gasteiger partial charge >= 0.3 is 0 Å². The Morgan fingerprint density at radius 2 is 1.75 bits per heavy atom. The third kappa shape index (κ3) is 5.65. The lowest BCUT2D eigenvalue weighted by Gasteiger charge is -2.35. The summed E-state index contributed by atoms with van der Waals surface area (Å²) in [6.07, 6.45) is 5.13. The van der Waals surface area contributed by atoms with Crippen molar-refractivity contribution in [3.63, 3.8) is 0 Å². The highest BCUT2D eigenvalue weighted by Gasteiger charge is 2.40. The first-order chi connectivity index (χ1) is 17.3. The molecule has 0 saturated heterocycles. The predicted molar refractivity (Wildman–Crippen MR) is 128 cm³/mol. The second kappa shape index (κ2) is 11.0. The molecule has 2 aromatic carbocycles. The highest BCUT2D eigenvalue weighted by atomic mass is 32.2. The molecule has 11 heteroatoms. The highest BCUT2D eigenvalue weighted by molar-refractivity contribution is 7.86. The van der Waals surface area contributed by atoms with Crippen LogP contribution >= 0.6 is 0 Å². The molecular weight excluding hydrogens is 490 g/mol. The van der Waals surface area contributed by atoms with E-state index in [4.69, 9.17) is 0 Å². The second-order valence-corrected chi connectivity index (χ2v) is 10.1. The van der Waals surface area contributed by atoms with Crippen molar-refractivity contribution in [3.8, 4) is 0 Å². The van der Waals surface area contributed by atoms with Crippen LogP contribution in [0.15, 0.2) is 79.1 Å². The van der Waals surface area contributed by atoms with Crippen LogP contribution in [0.1, 0.15) is 29.2 Å². The molecule has 1 aliphatic rings. The molecule has 0 bridgehead atoms. The number of hydrogen-bond donors (Lipinski definition) is 2. The molecule has 0 radical (unpaired) electrons. The van der Waals surface area contributed by atoms with E-state index in [-0.39, 0.29) is 31.0 Å². The summed E-state index contributed by atoms with van der Waals surface area (Å²) in [5, 5.41) is 9.44. The number of carbonyl (C=O) groups excluding carboxylic acids is 1. The third-order valence-corrected chi connectivity index (χ3v) is 7.82. The van der Waals surface area contributed by atoms with Gasteiger partial charge in [-0.2, -0.15) is 17.0 Å². The molecule has 8 nitrogen and oxygen atoms in total. The van der Waals surface area contributed by atoms with Crippen LogP contribution in [0.2, 0.25) is 0 Å². The van der Waals surface area contributed by atoms with E-state index in [1.54, 1.807) is 30.3 Å². The van der Waals surface area contributed by atoms with Crippen LogP contribution in [0, 0.1) is 11.6 Å². The maximum absolute atomic E-state index is 13.9. The molecule has 0 spiro atoms. The second-order valence-electron chi connectivity index (χ2n) is 8.19. The first-order valence-electron chi connectivity index (χ1n) is 11.1. The van der Waals surface area contributed by atoms with Crippen LogP contribution in [-0.2, 0) is 21.5 Å². The van der Waals surface area contributed by atoms with E-state index < -0.39 is 28.0 Å². The number of hydrogen-bond acceptors (Lipinski definition) is 5. The Bertz CT molecular complexity index is 1330. The fourth-order valence-electron chi connectivity index (χ4n) is 4.07. The lowest BCUT2D eigenvalue weighted by molar-refractivity contribution is -0.133. The Labute approximate surface area is 207 Å². The number of halogens is 2. The summed E-state index contributed by atoms with van der Waals surface area (Å²) in [5.41, 5.74) is 3.90. The van der Waals surface area contributed by atoms with Crippen LogP contribution in [0.4, 0.5) is 8.78 Å². The van der Waals surface area contributed by atoms with Gasteiger partial charge in [-0.15, -0.1) is 0 Å². The molecule has 1 aliphatic heterocycles. The van der Waals surface area contributed by atoms with Gasteiger partial charge in [-0.25, -0.2) is 14.3 Å². The molecule has 36 heavy (non-hydrogen) atoms. The van der Waals surface area contributed by atoms with Crippen LogP contribution in [0.3, 0.4) is 0 Å². The van der Waals surface area contributed by atoms with Crippen molar-refractivity contribution in [2.75, 3.05) is 13.1 Å². The number of hydroxylamine groups is 1. The molecule has 1 atom stereocenters. The van der Waals surface area contributed by atoms with Gasteiger partial charge in [0, 0.05) is 32.0 Å². The van der Waals surface area contributed by atoms with Crippen molar-refractivity contribution < 1.29 is 27.2 Å². The summed E-state index contributed by atoms with van der Waals surface area (Å²) in [5.74, 6) is -1.91. The number of benzene rings is 2. The van der Waals surface area contributed by atoms with E-state index in [1.807, 2.05) is 0 Å². The largest absolute Gasteiger partial charge is 0.289 e. The van der Waals surface area contributed by atoms with Gasteiger partial charge in [0.25, 0.3) is 16.1 Å². The molecule has 1 aromatic heterocycles. The van der Waals surface area contributed by atoms with E-state index in [1.165, 1.54) is 46.4 Å². The van der Waals surface area contributed by atoms with Crippen molar-refractivity contribution in [3.05, 3.63) is 107 Å². The number of rotatable bonds is 8. The molecule has 2 N–H and O–H groups in total. The number of amides is 1. The van der Waals surface area contributed by atoms with Gasteiger partial charge < -0.3 is 0 Å². The van der Waals surface area contributed by atoms with Crippen molar-refractivity contribution in [1.29, 1.82) is 0 Å². The Kier molecular flexibility index (Phi) is 7.85. The summed E-state index contributed by atoms with van der Waals surface area (Å²) in [7, 11) is -4.28.